The Bertz CT molecular complexity index is 414. The smallest absolute Gasteiger partial charge is 0.156 e. The van der Waals surface area contributed by atoms with Crippen LogP contribution in [0.1, 0.15) is 57.8 Å². The zero-order valence-corrected chi connectivity index (χ0v) is 11.6. The van der Waals surface area contributed by atoms with E-state index < -0.39 is 9.84 Å². The second-order valence-electron chi connectivity index (χ2n) is 6.32. The lowest BCUT2D eigenvalue weighted by atomic mass is 9.79. The van der Waals surface area contributed by atoms with Crippen molar-refractivity contribution in [3.63, 3.8) is 0 Å². The van der Waals surface area contributed by atoms with Crippen molar-refractivity contribution in [3.8, 4) is 0 Å². The fraction of sp³-hybridized carbons (Fsp3) is 0.929. The normalized spacial score (nSPS) is 39.7. The van der Waals surface area contributed by atoms with Crippen LogP contribution in [-0.4, -0.2) is 24.7 Å². The maximum absolute atomic E-state index is 12.5. The molecule has 2 bridgehead atoms. The molecule has 2 heterocycles. The molecule has 1 saturated carbocycles. The van der Waals surface area contributed by atoms with Crippen LogP contribution in [0.25, 0.3) is 0 Å². The number of carbonyl (C=O) groups is 1. The highest BCUT2D eigenvalue weighted by Gasteiger charge is 2.49. The second kappa shape index (κ2) is 4.62. The molecular weight excluding hydrogens is 248 g/mol. The second-order valence-corrected chi connectivity index (χ2v) is 8.83. The predicted octanol–water partition coefficient (Wildman–Crippen LogP) is 2.49. The molecule has 0 aromatic carbocycles. The van der Waals surface area contributed by atoms with E-state index in [4.69, 9.17) is 0 Å². The molecule has 0 aromatic rings. The van der Waals surface area contributed by atoms with E-state index in [2.05, 4.69) is 0 Å². The summed E-state index contributed by atoms with van der Waals surface area (Å²) in [7, 11) is -2.88. The van der Waals surface area contributed by atoms with Crippen molar-refractivity contribution in [1.82, 2.24) is 0 Å². The molecule has 0 N–H and O–H groups in total. The van der Waals surface area contributed by atoms with Gasteiger partial charge in [-0.2, -0.15) is 0 Å². The number of Topliss-reactive ketones (excluding diaryl/α,β-unsaturated/α-hetero) is 1. The highest BCUT2D eigenvalue weighted by Crippen LogP contribution is 2.43. The van der Waals surface area contributed by atoms with Gasteiger partial charge in [0.1, 0.15) is 5.78 Å². The third kappa shape index (κ3) is 2.02. The van der Waals surface area contributed by atoms with Gasteiger partial charge in [0.15, 0.2) is 9.84 Å². The molecule has 3 aliphatic rings. The lowest BCUT2D eigenvalue weighted by molar-refractivity contribution is -0.128. The highest BCUT2D eigenvalue weighted by molar-refractivity contribution is 7.93. The zero-order valence-electron chi connectivity index (χ0n) is 10.8. The monoisotopic (exact) mass is 270 g/mol. The average molecular weight is 270 g/mol. The summed E-state index contributed by atoms with van der Waals surface area (Å²) in [6.45, 7) is 0. The van der Waals surface area contributed by atoms with Crippen LogP contribution in [0.15, 0.2) is 0 Å². The summed E-state index contributed by atoms with van der Waals surface area (Å²) < 4.78 is 24.0. The molecular formula is C14H22O3S. The molecule has 2 atom stereocenters. The summed E-state index contributed by atoms with van der Waals surface area (Å²) in [6.07, 6.45) is 8.51. The number of hydrogen-bond donors (Lipinski definition) is 0. The molecule has 0 spiro atoms. The molecule has 0 aromatic heterocycles. The number of hydrogen-bond acceptors (Lipinski definition) is 3. The minimum Gasteiger partial charge on any atom is -0.299 e. The largest absolute Gasteiger partial charge is 0.299 e. The first-order valence-corrected chi connectivity index (χ1v) is 8.96. The molecule has 4 heteroatoms. The Kier molecular flexibility index (Phi) is 3.25. The molecule has 1 aliphatic carbocycles. The van der Waals surface area contributed by atoms with E-state index in [9.17, 15) is 13.2 Å². The zero-order chi connectivity index (χ0) is 12.8. The Labute approximate surface area is 109 Å². The van der Waals surface area contributed by atoms with Gasteiger partial charge >= 0.3 is 0 Å². The Morgan fingerprint density at radius 2 is 1.33 bits per heavy atom. The molecule has 2 saturated heterocycles. The van der Waals surface area contributed by atoms with Crippen LogP contribution in [0.2, 0.25) is 0 Å². The van der Waals surface area contributed by atoms with Crippen LogP contribution in [0, 0.1) is 11.8 Å². The summed E-state index contributed by atoms with van der Waals surface area (Å²) in [6, 6.07) is 0. The number of carbonyl (C=O) groups excluding carboxylic acids is 1. The molecule has 0 amide bonds. The summed E-state index contributed by atoms with van der Waals surface area (Å²) in [5.41, 5.74) is 0. The summed E-state index contributed by atoms with van der Waals surface area (Å²) in [5, 5.41) is -0.400. The molecule has 18 heavy (non-hydrogen) atoms. The van der Waals surface area contributed by atoms with E-state index in [1.165, 1.54) is 19.3 Å². The first-order chi connectivity index (χ1) is 8.59. The highest BCUT2D eigenvalue weighted by atomic mass is 32.2. The predicted molar refractivity (Wildman–Crippen MR) is 70.0 cm³/mol. The van der Waals surface area contributed by atoms with Crippen LogP contribution in [0.5, 0.6) is 0 Å². The SMILES string of the molecule is O=C(C1CCCCC1)C1CC2CCC(C1)S2(=O)=O. The molecule has 2 unspecified atom stereocenters. The molecule has 0 radical (unpaired) electrons. The first-order valence-electron chi connectivity index (χ1n) is 7.35. The van der Waals surface area contributed by atoms with Gasteiger partial charge in [0.05, 0.1) is 10.5 Å². The van der Waals surface area contributed by atoms with E-state index in [0.717, 1.165) is 25.7 Å². The van der Waals surface area contributed by atoms with Crippen LogP contribution in [-0.2, 0) is 14.6 Å². The van der Waals surface area contributed by atoms with Crippen LogP contribution in [0.3, 0.4) is 0 Å². The van der Waals surface area contributed by atoms with Gasteiger partial charge in [0.2, 0.25) is 0 Å². The van der Waals surface area contributed by atoms with Crippen molar-refractivity contribution in [2.45, 2.75) is 68.3 Å². The minimum absolute atomic E-state index is 0.0501. The van der Waals surface area contributed by atoms with Gasteiger partial charge in [-0.3, -0.25) is 4.79 Å². The fourth-order valence-corrected chi connectivity index (χ4v) is 6.63. The van der Waals surface area contributed by atoms with Crippen LogP contribution >= 0.6 is 0 Å². The van der Waals surface area contributed by atoms with Crippen molar-refractivity contribution in [1.29, 1.82) is 0 Å². The number of rotatable bonds is 2. The van der Waals surface area contributed by atoms with Gasteiger partial charge in [-0.1, -0.05) is 19.3 Å². The fourth-order valence-electron chi connectivity index (χ4n) is 4.16. The lowest BCUT2D eigenvalue weighted by Crippen LogP contribution is -2.38. The van der Waals surface area contributed by atoms with Crippen molar-refractivity contribution in [2.75, 3.05) is 0 Å². The van der Waals surface area contributed by atoms with E-state index in [0.29, 0.717) is 18.6 Å². The molecule has 2 aliphatic heterocycles. The average Bonchev–Trinajstić information content (AvgIpc) is 2.59. The summed E-state index contributed by atoms with van der Waals surface area (Å²) >= 11 is 0. The van der Waals surface area contributed by atoms with E-state index in [1.807, 2.05) is 0 Å². The van der Waals surface area contributed by atoms with Gasteiger partial charge in [0.25, 0.3) is 0 Å². The van der Waals surface area contributed by atoms with Crippen LogP contribution < -0.4 is 0 Å². The van der Waals surface area contributed by atoms with Crippen molar-refractivity contribution in [2.24, 2.45) is 11.8 Å². The van der Waals surface area contributed by atoms with Gasteiger partial charge in [-0.05, 0) is 38.5 Å². The summed E-state index contributed by atoms with van der Waals surface area (Å²) in [5.74, 6) is 0.680. The number of ketones is 1. The number of sulfone groups is 1. The third-order valence-electron chi connectivity index (χ3n) is 5.24. The Hall–Kier alpha value is -0.380. The maximum atomic E-state index is 12.5. The Morgan fingerprint density at radius 1 is 0.778 bits per heavy atom. The lowest BCUT2D eigenvalue weighted by Gasteiger charge is -2.31. The quantitative estimate of drug-likeness (QED) is 0.774. The Morgan fingerprint density at radius 3 is 1.89 bits per heavy atom. The van der Waals surface area contributed by atoms with Gasteiger partial charge < -0.3 is 0 Å². The molecule has 3 fully saturated rings. The van der Waals surface area contributed by atoms with E-state index >= 15 is 0 Å². The Balaban J connectivity index is 1.70. The molecule has 102 valence electrons. The van der Waals surface area contributed by atoms with Crippen molar-refractivity contribution in [3.05, 3.63) is 0 Å². The topological polar surface area (TPSA) is 51.2 Å². The van der Waals surface area contributed by atoms with Crippen molar-refractivity contribution >= 4 is 15.6 Å². The van der Waals surface area contributed by atoms with E-state index in [-0.39, 0.29) is 22.3 Å². The van der Waals surface area contributed by atoms with Gasteiger partial charge in [-0.15, -0.1) is 0 Å². The van der Waals surface area contributed by atoms with Crippen LogP contribution in [0.4, 0.5) is 0 Å². The molecule has 3 nitrogen and oxygen atoms in total. The third-order valence-corrected chi connectivity index (χ3v) is 7.96. The van der Waals surface area contributed by atoms with Gasteiger partial charge in [-0.25, -0.2) is 8.42 Å². The number of fused-ring (bicyclic) bond motifs is 2. The minimum atomic E-state index is -2.88. The maximum Gasteiger partial charge on any atom is 0.156 e. The summed E-state index contributed by atoms with van der Waals surface area (Å²) in [4.78, 5) is 12.5. The molecule has 3 rings (SSSR count). The standard InChI is InChI=1S/C14H22O3S/c15-14(10-4-2-1-3-5-10)11-8-12-6-7-13(9-11)18(12,16)17/h10-13H,1-9H2. The first kappa shape index (κ1) is 12.6. The van der Waals surface area contributed by atoms with Crippen molar-refractivity contribution < 1.29 is 13.2 Å². The van der Waals surface area contributed by atoms with E-state index in [1.54, 1.807) is 0 Å². The van der Waals surface area contributed by atoms with Gasteiger partial charge in [0, 0.05) is 11.8 Å².